The number of rotatable bonds is 6. The molecule has 0 saturated carbocycles. The van der Waals surface area contributed by atoms with Gasteiger partial charge in [0, 0.05) is 12.1 Å². The number of nitrogens with one attached hydrogen (secondary N) is 1. The number of ether oxygens (including phenoxy) is 1. The van der Waals surface area contributed by atoms with Crippen LogP contribution in [0.4, 0.5) is 5.69 Å². The lowest BCUT2D eigenvalue weighted by Crippen LogP contribution is -2.35. The van der Waals surface area contributed by atoms with E-state index in [1.165, 1.54) is 0 Å². The molecule has 0 fully saturated rings. The summed E-state index contributed by atoms with van der Waals surface area (Å²) in [6, 6.07) is 24.4. The van der Waals surface area contributed by atoms with E-state index in [4.69, 9.17) is 4.74 Å². The van der Waals surface area contributed by atoms with Crippen molar-refractivity contribution in [1.29, 1.82) is 0 Å². The van der Waals surface area contributed by atoms with Crippen LogP contribution >= 0.6 is 0 Å². The largest absolute Gasteiger partial charge is 0.462 e. The Bertz CT molecular complexity index is 1350. The number of hydrogen-bond donors (Lipinski definition) is 1. The molecule has 0 aliphatic carbocycles. The maximum atomic E-state index is 12.2. The number of carbonyl (C=O) groups is 1. The van der Waals surface area contributed by atoms with Crippen molar-refractivity contribution in [3.05, 3.63) is 101 Å². The smallest absolute Gasteiger partial charge is 0.338 e. The molecule has 1 atom stereocenters. The van der Waals surface area contributed by atoms with E-state index in [1.807, 2.05) is 54.1 Å². The van der Waals surface area contributed by atoms with E-state index in [2.05, 4.69) is 65.0 Å². The van der Waals surface area contributed by atoms with Gasteiger partial charge in [-0.2, -0.15) is 4.68 Å². The zero-order valence-corrected chi connectivity index (χ0v) is 20.2. The Hall–Kier alpha value is -4.00. The Morgan fingerprint density at radius 3 is 2.71 bits per heavy atom. The van der Waals surface area contributed by atoms with Gasteiger partial charge in [0.2, 0.25) is 0 Å². The predicted molar refractivity (Wildman–Crippen MR) is 135 cm³/mol. The first-order chi connectivity index (χ1) is 16.9. The first-order valence-electron chi connectivity index (χ1n) is 11.9. The number of benzene rings is 3. The summed E-state index contributed by atoms with van der Waals surface area (Å²) >= 11 is 0. The molecule has 1 aromatic heterocycles. The lowest BCUT2D eigenvalue weighted by Gasteiger charge is -2.41. The van der Waals surface area contributed by atoms with Crippen molar-refractivity contribution >= 4 is 11.7 Å². The van der Waals surface area contributed by atoms with Crippen LogP contribution in [0.15, 0.2) is 72.8 Å². The van der Waals surface area contributed by atoms with E-state index in [-0.39, 0.29) is 17.4 Å². The van der Waals surface area contributed by atoms with Gasteiger partial charge in [-0.25, -0.2) is 4.79 Å². The van der Waals surface area contributed by atoms with Gasteiger partial charge in [0.25, 0.3) is 0 Å². The molecule has 0 spiro atoms. The van der Waals surface area contributed by atoms with Crippen molar-refractivity contribution in [3.8, 4) is 5.69 Å². The first kappa shape index (κ1) is 22.8. The lowest BCUT2D eigenvalue weighted by molar-refractivity contribution is 0.0526. The standard InChI is InChI=1S/C28H29N5O2/c1-4-35-27(34)21-13-14-24-22(16-21)18-28(2,3)26(29-24)20-11-8-12-23(17-20)33-25(30-31-32-33)15-19-9-6-5-7-10-19/h5-14,16-17,26,29H,4,15,18H2,1-3H3. The minimum atomic E-state index is -0.282. The zero-order valence-electron chi connectivity index (χ0n) is 20.2. The van der Waals surface area contributed by atoms with Crippen molar-refractivity contribution in [1.82, 2.24) is 20.2 Å². The van der Waals surface area contributed by atoms with Crippen LogP contribution in [0, 0.1) is 5.41 Å². The van der Waals surface area contributed by atoms with Gasteiger partial charge in [-0.15, -0.1) is 5.10 Å². The minimum absolute atomic E-state index is 0.0810. The molecule has 1 N–H and O–H groups in total. The topological polar surface area (TPSA) is 81.9 Å². The average Bonchev–Trinajstić information content (AvgIpc) is 3.31. The summed E-state index contributed by atoms with van der Waals surface area (Å²) in [7, 11) is 0. The normalized spacial score (nSPS) is 16.3. The molecule has 0 saturated heterocycles. The molecule has 7 nitrogen and oxygen atoms in total. The van der Waals surface area contributed by atoms with Crippen LogP contribution in [-0.4, -0.2) is 32.8 Å². The number of anilines is 1. The fourth-order valence-electron chi connectivity index (χ4n) is 4.83. The number of carbonyl (C=O) groups excluding carboxylic acids is 1. The molecule has 1 aliphatic heterocycles. The number of tetrazole rings is 1. The van der Waals surface area contributed by atoms with E-state index < -0.39 is 0 Å². The van der Waals surface area contributed by atoms with Crippen LogP contribution in [0.2, 0.25) is 0 Å². The van der Waals surface area contributed by atoms with Crippen molar-refractivity contribution in [2.24, 2.45) is 5.41 Å². The van der Waals surface area contributed by atoms with Gasteiger partial charge in [0.1, 0.15) is 0 Å². The number of aromatic nitrogens is 4. The molecule has 0 radical (unpaired) electrons. The van der Waals surface area contributed by atoms with Gasteiger partial charge in [-0.05, 0) is 76.2 Å². The van der Waals surface area contributed by atoms with E-state index in [9.17, 15) is 4.79 Å². The van der Waals surface area contributed by atoms with Crippen molar-refractivity contribution in [2.45, 2.75) is 39.7 Å². The SMILES string of the molecule is CCOC(=O)c1ccc2c(c1)CC(C)(C)C(c1cccc(-n3nnnc3Cc3ccccc3)c1)N2. The van der Waals surface area contributed by atoms with Gasteiger partial charge in [0.05, 0.1) is 23.9 Å². The third-order valence-electron chi connectivity index (χ3n) is 6.53. The van der Waals surface area contributed by atoms with Crippen LogP contribution in [0.25, 0.3) is 5.69 Å². The maximum absolute atomic E-state index is 12.2. The lowest BCUT2D eigenvalue weighted by atomic mass is 9.72. The Kier molecular flexibility index (Phi) is 6.07. The van der Waals surface area contributed by atoms with Crippen molar-refractivity contribution < 1.29 is 9.53 Å². The summed E-state index contributed by atoms with van der Waals surface area (Å²) in [6.45, 7) is 6.68. The molecule has 0 bridgehead atoms. The Morgan fingerprint density at radius 1 is 1.09 bits per heavy atom. The highest BCUT2D eigenvalue weighted by molar-refractivity contribution is 5.90. The van der Waals surface area contributed by atoms with Gasteiger partial charge < -0.3 is 10.1 Å². The number of fused-ring (bicyclic) bond motifs is 1. The second kappa shape index (κ2) is 9.33. The highest BCUT2D eigenvalue weighted by atomic mass is 16.5. The Morgan fingerprint density at radius 2 is 1.91 bits per heavy atom. The zero-order chi connectivity index (χ0) is 24.4. The molecule has 0 amide bonds. The molecular formula is C28H29N5O2. The molecule has 35 heavy (non-hydrogen) atoms. The molecule has 7 heteroatoms. The monoisotopic (exact) mass is 467 g/mol. The Balaban J connectivity index is 1.43. The van der Waals surface area contributed by atoms with Gasteiger partial charge >= 0.3 is 5.97 Å². The third kappa shape index (κ3) is 4.67. The summed E-state index contributed by atoms with van der Waals surface area (Å²) in [5, 5.41) is 16.2. The van der Waals surface area contributed by atoms with E-state index in [0.717, 1.165) is 40.3 Å². The molecule has 5 rings (SSSR count). The first-order valence-corrected chi connectivity index (χ1v) is 11.9. The van der Waals surface area contributed by atoms with Crippen LogP contribution < -0.4 is 5.32 Å². The summed E-state index contributed by atoms with van der Waals surface area (Å²) in [6.07, 6.45) is 1.49. The highest BCUT2D eigenvalue weighted by Crippen LogP contribution is 2.45. The maximum Gasteiger partial charge on any atom is 0.338 e. The van der Waals surface area contributed by atoms with E-state index in [1.54, 1.807) is 0 Å². The molecule has 1 unspecified atom stereocenters. The van der Waals surface area contributed by atoms with Gasteiger partial charge in [-0.1, -0.05) is 56.3 Å². The average molecular weight is 468 g/mol. The van der Waals surface area contributed by atoms with Crippen LogP contribution in [-0.2, 0) is 17.6 Å². The number of hydrogen-bond acceptors (Lipinski definition) is 6. The second-order valence-corrected chi connectivity index (χ2v) is 9.60. The van der Waals surface area contributed by atoms with Crippen LogP contribution in [0.1, 0.15) is 59.7 Å². The second-order valence-electron chi connectivity index (χ2n) is 9.60. The van der Waals surface area contributed by atoms with E-state index >= 15 is 0 Å². The van der Waals surface area contributed by atoms with Crippen LogP contribution in [0.5, 0.6) is 0 Å². The fraction of sp³-hybridized carbons (Fsp3) is 0.286. The molecule has 1 aliphatic rings. The summed E-state index contributed by atoms with van der Waals surface area (Å²) in [5.74, 6) is 0.511. The van der Waals surface area contributed by atoms with Crippen LogP contribution in [0.3, 0.4) is 0 Å². The van der Waals surface area contributed by atoms with E-state index in [0.29, 0.717) is 18.6 Å². The molecular weight excluding hydrogens is 438 g/mol. The molecule has 3 aromatic carbocycles. The molecule has 178 valence electrons. The third-order valence-corrected chi connectivity index (χ3v) is 6.53. The quantitative estimate of drug-likeness (QED) is 0.394. The molecule has 2 heterocycles. The fourth-order valence-corrected chi connectivity index (χ4v) is 4.83. The Labute approximate surface area is 205 Å². The van der Waals surface area contributed by atoms with Gasteiger partial charge in [-0.3, -0.25) is 0 Å². The predicted octanol–water partition coefficient (Wildman–Crippen LogP) is 5.17. The number of esters is 1. The van der Waals surface area contributed by atoms with Gasteiger partial charge in [0.15, 0.2) is 5.82 Å². The number of nitrogens with zero attached hydrogens (tertiary/aromatic N) is 4. The minimum Gasteiger partial charge on any atom is -0.462 e. The highest BCUT2D eigenvalue weighted by Gasteiger charge is 2.36. The van der Waals surface area contributed by atoms with Crippen molar-refractivity contribution in [3.63, 3.8) is 0 Å². The summed E-state index contributed by atoms with van der Waals surface area (Å²) in [4.78, 5) is 12.2. The summed E-state index contributed by atoms with van der Waals surface area (Å²) < 4.78 is 6.99. The molecule has 4 aromatic rings. The van der Waals surface area contributed by atoms with Crippen molar-refractivity contribution in [2.75, 3.05) is 11.9 Å². The summed E-state index contributed by atoms with van der Waals surface area (Å²) in [5.41, 5.74) is 5.92.